The second-order valence-electron chi connectivity index (χ2n) is 2.72. The van der Waals surface area contributed by atoms with E-state index < -0.39 is 0 Å². The van der Waals surface area contributed by atoms with Gasteiger partial charge in [-0.3, -0.25) is 4.99 Å². The van der Waals surface area contributed by atoms with E-state index in [1.165, 1.54) is 0 Å². The molecule has 0 spiro atoms. The zero-order valence-electron chi connectivity index (χ0n) is 8.45. The van der Waals surface area contributed by atoms with E-state index in [0.717, 1.165) is 11.4 Å². The van der Waals surface area contributed by atoms with E-state index in [1.807, 2.05) is 31.2 Å². The zero-order chi connectivity index (χ0) is 10.4. The van der Waals surface area contributed by atoms with E-state index in [-0.39, 0.29) is 0 Å². The van der Waals surface area contributed by atoms with Crippen molar-refractivity contribution >= 4 is 11.6 Å². The van der Waals surface area contributed by atoms with Crippen molar-refractivity contribution in [2.45, 2.75) is 6.92 Å². The molecular formula is C10H15N3O. The Hall–Kier alpha value is -1.71. The van der Waals surface area contributed by atoms with E-state index >= 15 is 0 Å². The summed E-state index contributed by atoms with van der Waals surface area (Å²) < 4.78 is 5.08. The molecule has 0 amide bonds. The lowest BCUT2D eigenvalue weighted by molar-refractivity contribution is 0.415. The van der Waals surface area contributed by atoms with E-state index in [1.54, 1.807) is 7.11 Å². The molecule has 3 N–H and O–H groups in total. The van der Waals surface area contributed by atoms with Gasteiger partial charge in [0.25, 0.3) is 0 Å². The summed E-state index contributed by atoms with van der Waals surface area (Å²) in [6.07, 6.45) is 0. The van der Waals surface area contributed by atoms with Crippen LogP contribution >= 0.6 is 0 Å². The van der Waals surface area contributed by atoms with Crippen LogP contribution in [-0.4, -0.2) is 19.6 Å². The molecule has 0 radical (unpaired) electrons. The first-order valence-corrected chi connectivity index (χ1v) is 4.47. The molecule has 4 nitrogen and oxygen atoms in total. The van der Waals surface area contributed by atoms with Gasteiger partial charge in [0.1, 0.15) is 5.75 Å². The highest BCUT2D eigenvalue weighted by molar-refractivity contribution is 5.92. The van der Waals surface area contributed by atoms with Crippen molar-refractivity contribution < 1.29 is 4.74 Å². The number of benzene rings is 1. The fraction of sp³-hybridized carbons (Fsp3) is 0.300. The van der Waals surface area contributed by atoms with E-state index in [9.17, 15) is 0 Å². The van der Waals surface area contributed by atoms with Gasteiger partial charge in [0, 0.05) is 18.3 Å². The highest BCUT2D eigenvalue weighted by atomic mass is 16.5. The van der Waals surface area contributed by atoms with Gasteiger partial charge in [-0.15, -0.1) is 0 Å². The van der Waals surface area contributed by atoms with Crippen molar-refractivity contribution in [3.8, 4) is 5.75 Å². The summed E-state index contributed by atoms with van der Waals surface area (Å²) >= 11 is 0. The van der Waals surface area contributed by atoms with Crippen LogP contribution in [-0.2, 0) is 0 Å². The van der Waals surface area contributed by atoms with Crippen LogP contribution in [0.4, 0.5) is 5.69 Å². The molecule has 4 heteroatoms. The molecule has 1 aromatic rings. The Labute approximate surface area is 83.8 Å². The largest absolute Gasteiger partial charge is 0.497 e. The molecule has 1 aromatic carbocycles. The van der Waals surface area contributed by atoms with Crippen LogP contribution in [0.1, 0.15) is 6.92 Å². The molecule has 0 aromatic heterocycles. The van der Waals surface area contributed by atoms with E-state index in [4.69, 9.17) is 10.5 Å². The average Bonchev–Trinajstić information content (AvgIpc) is 2.18. The van der Waals surface area contributed by atoms with Crippen LogP contribution < -0.4 is 15.8 Å². The molecular weight excluding hydrogens is 178 g/mol. The Morgan fingerprint density at radius 1 is 1.57 bits per heavy atom. The van der Waals surface area contributed by atoms with Crippen molar-refractivity contribution in [3.63, 3.8) is 0 Å². The number of guanidine groups is 1. The van der Waals surface area contributed by atoms with Gasteiger partial charge < -0.3 is 15.8 Å². The lowest BCUT2D eigenvalue weighted by Gasteiger charge is -2.06. The fourth-order valence-electron chi connectivity index (χ4n) is 1.06. The van der Waals surface area contributed by atoms with Crippen molar-refractivity contribution in [2.24, 2.45) is 10.7 Å². The highest BCUT2D eigenvalue weighted by Gasteiger charge is 1.96. The van der Waals surface area contributed by atoms with E-state index in [0.29, 0.717) is 12.5 Å². The van der Waals surface area contributed by atoms with Crippen LogP contribution in [0, 0.1) is 0 Å². The minimum absolute atomic E-state index is 0.417. The number of hydrogen-bond donors (Lipinski definition) is 2. The molecule has 0 unspecified atom stereocenters. The van der Waals surface area contributed by atoms with Crippen molar-refractivity contribution in [2.75, 3.05) is 19.0 Å². The summed E-state index contributed by atoms with van der Waals surface area (Å²) in [7, 11) is 1.63. The topological polar surface area (TPSA) is 59.6 Å². The Bertz CT molecular complexity index is 323. The predicted molar refractivity (Wildman–Crippen MR) is 58.8 cm³/mol. The molecule has 0 aliphatic carbocycles. The molecule has 1 rings (SSSR count). The van der Waals surface area contributed by atoms with Crippen LogP contribution in [0.25, 0.3) is 0 Å². The second-order valence-corrected chi connectivity index (χ2v) is 2.72. The smallest absolute Gasteiger partial charge is 0.193 e. The van der Waals surface area contributed by atoms with Crippen molar-refractivity contribution in [3.05, 3.63) is 24.3 Å². The van der Waals surface area contributed by atoms with Gasteiger partial charge in [-0.05, 0) is 19.1 Å². The average molecular weight is 193 g/mol. The van der Waals surface area contributed by atoms with E-state index in [2.05, 4.69) is 10.3 Å². The maximum atomic E-state index is 5.61. The number of nitrogens with zero attached hydrogens (tertiary/aromatic N) is 1. The molecule has 0 heterocycles. The molecule has 0 bridgehead atoms. The Balaban J connectivity index is 2.71. The fourth-order valence-corrected chi connectivity index (χ4v) is 1.06. The SMILES string of the molecule is CCN=C(N)Nc1cccc(OC)c1. The molecule has 0 saturated heterocycles. The molecule has 0 fully saturated rings. The standard InChI is InChI=1S/C10H15N3O/c1-3-12-10(11)13-8-5-4-6-9(7-8)14-2/h4-7H,3H2,1-2H3,(H3,11,12,13). The Morgan fingerprint density at radius 2 is 2.36 bits per heavy atom. The first-order chi connectivity index (χ1) is 6.76. The number of methoxy groups -OCH3 is 1. The highest BCUT2D eigenvalue weighted by Crippen LogP contribution is 2.16. The number of nitrogens with one attached hydrogen (secondary N) is 1. The van der Waals surface area contributed by atoms with Gasteiger partial charge in [-0.25, -0.2) is 0 Å². The second kappa shape index (κ2) is 5.11. The zero-order valence-corrected chi connectivity index (χ0v) is 8.45. The number of rotatable bonds is 3. The number of hydrogen-bond acceptors (Lipinski definition) is 2. The third-order valence-electron chi connectivity index (χ3n) is 1.67. The van der Waals surface area contributed by atoms with Crippen LogP contribution in [0.3, 0.4) is 0 Å². The number of nitrogens with two attached hydrogens (primary N) is 1. The Kier molecular flexibility index (Phi) is 3.79. The van der Waals surface area contributed by atoms with Crippen molar-refractivity contribution in [1.29, 1.82) is 0 Å². The van der Waals surface area contributed by atoms with Gasteiger partial charge in [-0.2, -0.15) is 0 Å². The first kappa shape index (κ1) is 10.4. The third kappa shape index (κ3) is 2.97. The number of aliphatic imine (C=N–C) groups is 1. The third-order valence-corrected chi connectivity index (χ3v) is 1.67. The molecule has 14 heavy (non-hydrogen) atoms. The van der Waals surface area contributed by atoms with Crippen molar-refractivity contribution in [1.82, 2.24) is 0 Å². The Morgan fingerprint density at radius 3 is 3.00 bits per heavy atom. The summed E-state index contributed by atoms with van der Waals surface area (Å²) in [6.45, 7) is 2.60. The minimum atomic E-state index is 0.417. The number of anilines is 1. The lowest BCUT2D eigenvalue weighted by Crippen LogP contribution is -2.22. The molecule has 0 aliphatic rings. The van der Waals surface area contributed by atoms with Gasteiger partial charge >= 0.3 is 0 Å². The number of ether oxygens (including phenoxy) is 1. The lowest BCUT2D eigenvalue weighted by atomic mass is 10.3. The maximum absolute atomic E-state index is 5.61. The minimum Gasteiger partial charge on any atom is -0.497 e. The maximum Gasteiger partial charge on any atom is 0.193 e. The first-order valence-electron chi connectivity index (χ1n) is 4.47. The summed E-state index contributed by atoms with van der Waals surface area (Å²) in [6, 6.07) is 7.53. The normalized spacial score (nSPS) is 11.1. The molecule has 0 saturated carbocycles. The molecule has 0 atom stereocenters. The van der Waals surface area contributed by atoms with Gasteiger partial charge in [0.05, 0.1) is 7.11 Å². The summed E-state index contributed by atoms with van der Waals surface area (Å²) in [5, 5.41) is 2.97. The van der Waals surface area contributed by atoms with Gasteiger partial charge in [0.15, 0.2) is 5.96 Å². The molecule has 76 valence electrons. The van der Waals surface area contributed by atoms with Crippen LogP contribution in [0.15, 0.2) is 29.3 Å². The van der Waals surface area contributed by atoms with Gasteiger partial charge in [0.2, 0.25) is 0 Å². The van der Waals surface area contributed by atoms with Crippen LogP contribution in [0.5, 0.6) is 5.75 Å². The van der Waals surface area contributed by atoms with Gasteiger partial charge in [-0.1, -0.05) is 6.07 Å². The summed E-state index contributed by atoms with van der Waals surface area (Å²) in [5.74, 6) is 1.21. The monoisotopic (exact) mass is 193 g/mol. The quantitative estimate of drug-likeness (QED) is 0.564. The molecule has 0 aliphatic heterocycles. The summed E-state index contributed by atoms with van der Waals surface area (Å²) in [5.41, 5.74) is 6.48. The summed E-state index contributed by atoms with van der Waals surface area (Å²) in [4.78, 5) is 4.02. The predicted octanol–water partition coefficient (Wildman–Crippen LogP) is 1.44. The van der Waals surface area contributed by atoms with Crippen LogP contribution in [0.2, 0.25) is 0 Å².